The number of methoxy groups -OCH3 is 2. The second kappa shape index (κ2) is 7.36. The first-order chi connectivity index (χ1) is 12.4. The molecule has 0 aliphatic carbocycles. The second-order valence-corrected chi connectivity index (χ2v) is 8.08. The Balaban J connectivity index is 2.27. The maximum atomic E-state index is 12.0. The topological polar surface area (TPSA) is 103 Å². The molecule has 2 unspecified atom stereocenters. The van der Waals surface area contributed by atoms with Gasteiger partial charge in [0.1, 0.15) is 20.4 Å². The van der Waals surface area contributed by atoms with Crippen LogP contribution in [-0.2, 0) is 18.4 Å². The van der Waals surface area contributed by atoms with E-state index in [2.05, 4.69) is 31.1 Å². The normalized spacial score (nSPS) is 19.0. The first kappa shape index (κ1) is 18.2. The smallest absolute Gasteiger partial charge is 0.241 e. The van der Waals surface area contributed by atoms with Gasteiger partial charge in [-0.25, -0.2) is 4.21 Å². The van der Waals surface area contributed by atoms with Crippen molar-refractivity contribution < 1.29 is 13.7 Å². The molecule has 3 rings (SSSR count). The molecule has 26 heavy (non-hydrogen) atoms. The number of hydrogen-bond acceptors (Lipinski definition) is 7. The fourth-order valence-electron chi connectivity index (χ4n) is 2.48. The Kier molecular flexibility index (Phi) is 5.16. The van der Waals surface area contributed by atoms with Crippen molar-refractivity contribution in [3.63, 3.8) is 0 Å². The van der Waals surface area contributed by atoms with Crippen molar-refractivity contribution in [2.45, 2.75) is 6.23 Å². The molecule has 0 saturated heterocycles. The van der Waals surface area contributed by atoms with Crippen molar-refractivity contribution in [3.05, 3.63) is 42.6 Å². The van der Waals surface area contributed by atoms with E-state index in [-0.39, 0.29) is 5.95 Å². The number of ether oxygens (including phenoxy) is 2. The SMILES string of the molecule is C=S(=O)(Cl)Nc1nnc(-c2cccnc2)n1C1=C(OC)C=CNC1OC. The highest BCUT2D eigenvalue weighted by Crippen LogP contribution is 2.31. The van der Waals surface area contributed by atoms with E-state index >= 15 is 0 Å². The van der Waals surface area contributed by atoms with Gasteiger partial charge in [-0.1, -0.05) is 0 Å². The van der Waals surface area contributed by atoms with E-state index < -0.39 is 15.1 Å². The van der Waals surface area contributed by atoms with Gasteiger partial charge in [0.2, 0.25) is 5.95 Å². The highest BCUT2D eigenvalue weighted by molar-refractivity contribution is 8.21. The highest BCUT2D eigenvalue weighted by atomic mass is 35.7. The molecule has 0 fully saturated rings. The highest BCUT2D eigenvalue weighted by Gasteiger charge is 2.29. The Morgan fingerprint density at radius 1 is 1.42 bits per heavy atom. The Morgan fingerprint density at radius 3 is 2.85 bits per heavy atom. The number of aromatic nitrogens is 4. The predicted octanol–water partition coefficient (Wildman–Crippen LogP) is 1.44. The minimum absolute atomic E-state index is 0.127. The molecule has 2 atom stereocenters. The fraction of sp³-hybridized carbons (Fsp3) is 0.200. The standard InChI is InChI=1S/C15H17ClN6O3S/c1-24-11-6-8-18-14(25-2)12(11)22-13(10-5-4-7-17-9-10)19-20-15(22)21-26(3,16)23/h4-9,14,18H,3H2,1-2H3,(H,20,21,23). The van der Waals surface area contributed by atoms with Crippen molar-refractivity contribution >= 4 is 37.1 Å². The lowest BCUT2D eigenvalue weighted by Crippen LogP contribution is -2.34. The molecule has 0 aromatic carbocycles. The van der Waals surface area contributed by atoms with Crippen LogP contribution in [0.1, 0.15) is 0 Å². The van der Waals surface area contributed by atoms with Crippen LogP contribution < -0.4 is 10.0 Å². The van der Waals surface area contributed by atoms with Gasteiger partial charge in [0.05, 0.1) is 7.11 Å². The van der Waals surface area contributed by atoms with Crippen molar-refractivity contribution in [2.24, 2.45) is 0 Å². The number of dihydropyridines is 1. The van der Waals surface area contributed by atoms with Gasteiger partial charge in [-0.05, 0) is 24.1 Å². The molecule has 0 saturated carbocycles. The van der Waals surface area contributed by atoms with Crippen LogP contribution >= 0.6 is 10.7 Å². The Morgan fingerprint density at radius 2 is 2.23 bits per heavy atom. The van der Waals surface area contributed by atoms with Gasteiger partial charge < -0.3 is 14.8 Å². The fourth-order valence-corrected chi connectivity index (χ4v) is 3.09. The van der Waals surface area contributed by atoms with Crippen molar-refractivity contribution in [1.29, 1.82) is 0 Å². The maximum absolute atomic E-state index is 12.0. The number of nitrogens with zero attached hydrogens (tertiary/aromatic N) is 4. The first-order valence-electron chi connectivity index (χ1n) is 7.39. The Hall–Kier alpha value is -2.56. The molecular weight excluding hydrogens is 380 g/mol. The summed E-state index contributed by atoms with van der Waals surface area (Å²) in [5, 5.41) is 11.3. The summed E-state index contributed by atoms with van der Waals surface area (Å²) in [6.07, 6.45) is 6.13. The quantitative estimate of drug-likeness (QED) is 0.562. The molecule has 0 bridgehead atoms. The van der Waals surface area contributed by atoms with Crippen LogP contribution in [0.3, 0.4) is 0 Å². The maximum Gasteiger partial charge on any atom is 0.241 e. The molecule has 138 valence electrons. The van der Waals surface area contributed by atoms with Crippen molar-refractivity contribution in [3.8, 4) is 11.4 Å². The molecule has 9 nitrogen and oxygen atoms in total. The van der Waals surface area contributed by atoms with Crippen LogP contribution in [0.5, 0.6) is 0 Å². The summed E-state index contributed by atoms with van der Waals surface area (Å²) in [4.78, 5) is 4.10. The zero-order valence-corrected chi connectivity index (χ0v) is 15.6. The van der Waals surface area contributed by atoms with Crippen molar-refractivity contribution in [1.82, 2.24) is 25.1 Å². The summed E-state index contributed by atoms with van der Waals surface area (Å²) < 4.78 is 27.1. The van der Waals surface area contributed by atoms with E-state index in [1.165, 1.54) is 14.2 Å². The molecule has 2 aromatic rings. The predicted molar refractivity (Wildman–Crippen MR) is 101 cm³/mol. The molecule has 2 N–H and O–H groups in total. The number of hydrogen-bond donors (Lipinski definition) is 2. The van der Waals surface area contributed by atoms with Crippen LogP contribution in [0.2, 0.25) is 0 Å². The van der Waals surface area contributed by atoms with Crippen LogP contribution in [0.4, 0.5) is 5.95 Å². The van der Waals surface area contributed by atoms with Gasteiger partial charge in [-0.2, -0.15) is 0 Å². The van der Waals surface area contributed by atoms with E-state index in [9.17, 15) is 4.21 Å². The van der Waals surface area contributed by atoms with Gasteiger partial charge in [-0.15, -0.1) is 10.2 Å². The summed E-state index contributed by atoms with van der Waals surface area (Å²) >= 11 is 0. The first-order valence-corrected chi connectivity index (χ1v) is 9.94. The Labute approximate surface area is 155 Å². The van der Waals surface area contributed by atoms with E-state index in [4.69, 9.17) is 20.2 Å². The number of rotatable bonds is 6. The van der Waals surface area contributed by atoms with Crippen LogP contribution in [-0.4, -0.2) is 50.3 Å². The number of pyridine rings is 1. The average molecular weight is 397 g/mol. The third-order valence-electron chi connectivity index (χ3n) is 3.51. The van der Waals surface area contributed by atoms with E-state index in [0.29, 0.717) is 22.8 Å². The second-order valence-electron chi connectivity index (χ2n) is 5.19. The summed E-state index contributed by atoms with van der Waals surface area (Å²) in [7, 11) is 5.74. The minimum atomic E-state index is -3.11. The van der Waals surface area contributed by atoms with Gasteiger partial charge in [0.15, 0.2) is 12.1 Å². The van der Waals surface area contributed by atoms with Gasteiger partial charge in [0, 0.05) is 41.9 Å². The molecule has 0 amide bonds. The third kappa shape index (κ3) is 3.66. The van der Waals surface area contributed by atoms with E-state index in [1.807, 2.05) is 6.07 Å². The lowest BCUT2D eigenvalue weighted by atomic mass is 10.2. The van der Waals surface area contributed by atoms with Crippen LogP contribution in [0.15, 0.2) is 42.6 Å². The molecular formula is C15H17ClN6O3S. The molecule has 1 aliphatic rings. The summed E-state index contributed by atoms with van der Waals surface area (Å²) in [5.74, 6) is 4.46. The zero-order chi connectivity index (χ0) is 18.7. The van der Waals surface area contributed by atoms with Gasteiger partial charge in [-0.3, -0.25) is 14.3 Å². The van der Waals surface area contributed by atoms with Crippen LogP contribution in [0, 0.1) is 0 Å². The monoisotopic (exact) mass is 396 g/mol. The van der Waals surface area contributed by atoms with Gasteiger partial charge in [0.25, 0.3) is 0 Å². The number of allylic oxidation sites excluding steroid dienone is 1. The van der Waals surface area contributed by atoms with Crippen LogP contribution in [0.25, 0.3) is 17.1 Å². The molecule has 2 aromatic heterocycles. The lowest BCUT2D eigenvalue weighted by molar-refractivity contribution is 0.122. The summed E-state index contributed by atoms with van der Waals surface area (Å²) in [5.41, 5.74) is 1.23. The van der Waals surface area contributed by atoms with E-state index in [1.54, 1.807) is 35.3 Å². The van der Waals surface area contributed by atoms with Gasteiger partial charge >= 0.3 is 0 Å². The number of halogens is 1. The largest absolute Gasteiger partial charge is 0.495 e. The van der Waals surface area contributed by atoms with E-state index in [0.717, 1.165) is 0 Å². The molecule has 11 heteroatoms. The Bertz CT molecular complexity index is 955. The zero-order valence-electron chi connectivity index (χ0n) is 14.0. The molecule has 0 radical (unpaired) electrons. The molecule has 3 heterocycles. The minimum Gasteiger partial charge on any atom is -0.495 e. The summed E-state index contributed by atoms with van der Waals surface area (Å²) in [6, 6.07) is 3.59. The number of nitrogens with one attached hydrogen (secondary N) is 2. The molecule has 0 spiro atoms. The third-order valence-corrected chi connectivity index (χ3v) is 4.22. The van der Waals surface area contributed by atoms with Crippen molar-refractivity contribution in [2.75, 3.05) is 18.9 Å². The number of anilines is 1. The molecule has 1 aliphatic heterocycles. The summed E-state index contributed by atoms with van der Waals surface area (Å²) in [6.45, 7) is 0. The average Bonchev–Trinajstić information content (AvgIpc) is 3.02. The lowest BCUT2D eigenvalue weighted by Gasteiger charge is -2.26.